The predicted octanol–water partition coefficient (Wildman–Crippen LogP) is 12.2. The van der Waals surface area contributed by atoms with Gasteiger partial charge >= 0.3 is 18.0 Å². The van der Waals surface area contributed by atoms with Crippen molar-refractivity contribution in [3.63, 3.8) is 0 Å². The van der Waals surface area contributed by atoms with Gasteiger partial charge in [-0.3, -0.25) is 14.4 Å². The van der Waals surface area contributed by atoms with Crippen molar-refractivity contribution in [3.8, 4) is 0 Å². The molecule has 2 amide bonds. The molecule has 370 valence electrons. The number of allylic oxidation sites excluding steroid dienone is 1. The molecule has 1 aliphatic heterocycles. The van der Waals surface area contributed by atoms with Gasteiger partial charge in [-0.25, -0.2) is 4.79 Å². The van der Waals surface area contributed by atoms with Gasteiger partial charge < -0.3 is 25.0 Å². The fraction of sp³-hybridized carbons (Fsp3) is 0.690. The van der Waals surface area contributed by atoms with Crippen LogP contribution in [0.25, 0.3) is 0 Å². The van der Waals surface area contributed by atoms with Crippen LogP contribution in [0.1, 0.15) is 150 Å². The Morgan fingerprint density at radius 3 is 2.15 bits per heavy atom. The number of likely N-dealkylation sites (tertiary alicyclic amines) is 1. The maximum absolute atomic E-state index is 14.9. The molecule has 2 N–H and O–H groups in total. The van der Waals surface area contributed by atoms with Crippen LogP contribution in [0.15, 0.2) is 65.7 Å². The van der Waals surface area contributed by atoms with E-state index in [1.165, 1.54) is 18.4 Å². The monoisotopic (exact) mass is 950 g/mol. The minimum Gasteiger partial charge on any atom is -0.481 e. The Kier molecular flexibility index (Phi) is 12.7. The first-order valence-corrected chi connectivity index (χ1v) is 26.7. The SMILES string of the molecule is CC(C)C1=C2[C@H]3CC[C@@H]4[C@]5(C)CC[C@H]([C@@]6(C(=O)O)C[C@@H](C(=O)OCc7ccccc7)C6(C)C)C(C)(C)[C@H]5CC[C@@]4(C)[C@]3(C)CC[C@@]2(NC(=O)N(CCN2CCCC2)Cc2ccc(Cl)cc2)CC1=O. The van der Waals surface area contributed by atoms with E-state index in [1.54, 1.807) is 0 Å². The second kappa shape index (κ2) is 17.6. The summed E-state index contributed by atoms with van der Waals surface area (Å²) in [5.74, 6) is -0.479. The molecule has 0 spiro atoms. The molecule has 7 aliphatic rings. The van der Waals surface area contributed by atoms with Crippen LogP contribution in [0.3, 0.4) is 0 Å². The smallest absolute Gasteiger partial charge is 0.318 e. The number of aliphatic carboxylic acids is 1. The molecule has 1 heterocycles. The number of amides is 2. The zero-order chi connectivity index (χ0) is 48.8. The van der Waals surface area contributed by atoms with Crippen LogP contribution >= 0.6 is 11.6 Å². The second-order valence-corrected chi connectivity index (χ2v) is 25.5. The molecule has 0 unspecified atom stereocenters. The number of ether oxygens (including phenoxy) is 1. The number of carboxylic acids is 1. The Morgan fingerprint density at radius 1 is 0.824 bits per heavy atom. The van der Waals surface area contributed by atoms with Crippen LogP contribution in [-0.2, 0) is 32.3 Å². The summed E-state index contributed by atoms with van der Waals surface area (Å²) in [6.07, 6.45) is 10.5. The van der Waals surface area contributed by atoms with E-state index >= 15 is 0 Å². The molecule has 2 aromatic carbocycles. The van der Waals surface area contributed by atoms with Crippen LogP contribution in [0.4, 0.5) is 4.79 Å². The molecule has 5 saturated carbocycles. The van der Waals surface area contributed by atoms with Crippen molar-refractivity contribution in [1.29, 1.82) is 0 Å². The summed E-state index contributed by atoms with van der Waals surface area (Å²) < 4.78 is 5.86. The third-order valence-electron chi connectivity index (χ3n) is 21.3. The molecule has 2 aromatic rings. The average Bonchev–Trinajstić information content (AvgIpc) is 3.91. The standard InChI is InChI=1S/C58H80ClN3O6/c1-37(2)47-43(63)34-57(60-51(67)62(32-31-61-29-13-14-30-61)35-38-17-19-40(59)20-18-38)28-27-55(8)41(48(47)57)21-22-46-54(7)25-23-45(52(3,4)44(54)24-26-56(46,55)9)58(50(65)66)33-42(53(58,5)6)49(64)68-36-39-15-11-10-12-16-39/h10-12,15-20,37,41-42,44-46H,13-14,21-36H2,1-9H3,(H,60,67)(H,65,66)/t41-,42+,44-,45+,46-,54-,55-,56-,57-,58-/m1/s1. The van der Waals surface area contributed by atoms with Gasteiger partial charge in [-0.1, -0.05) is 116 Å². The molecule has 10 heteroatoms. The molecule has 0 radical (unpaired) electrons. The number of nitrogens with zero attached hydrogens (tertiary/aromatic N) is 2. The summed E-state index contributed by atoms with van der Waals surface area (Å²) in [6, 6.07) is 17.4. The summed E-state index contributed by atoms with van der Waals surface area (Å²) in [5.41, 5.74) is 1.21. The Hall–Kier alpha value is -3.69. The lowest BCUT2D eigenvalue weighted by Crippen LogP contribution is -2.71. The minimum absolute atomic E-state index is 0.0103. The lowest BCUT2D eigenvalue weighted by Gasteiger charge is -2.74. The van der Waals surface area contributed by atoms with Gasteiger partial charge in [-0.2, -0.15) is 0 Å². The van der Waals surface area contributed by atoms with Crippen LogP contribution in [-0.4, -0.2) is 70.4 Å². The summed E-state index contributed by atoms with van der Waals surface area (Å²) >= 11 is 6.29. The van der Waals surface area contributed by atoms with E-state index in [4.69, 9.17) is 16.3 Å². The Labute approximate surface area is 411 Å². The van der Waals surface area contributed by atoms with Crippen LogP contribution in [0, 0.1) is 68.0 Å². The fourth-order valence-electron chi connectivity index (χ4n) is 17.6. The number of carbonyl (C=O) groups is 4. The van der Waals surface area contributed by atoms with E-state index in [-0.39, 0.29) is 63.8 Å². The van der Waals surface area contributed by atoms with Crippen molar-refractivity contribution in [3.05, 3.63) is 81.9 Å². The Morgan fingerprint density at radius 2 is 1.50 bits per heavy atom. The Balaban J connectivity index is 0.974. The molecule has 1 saturated heterocycles. The number of Topliss-reactive ketones (excluding diaryl/α,β-unsaturated/α-hetero) is 1. The molecule has 6 aliphatic carbocycles. The summed E-state index contributed by atoms with van der Waals surface area (Å²) in [4.78, 5) is 61.4. The third kappa shape index (κ3) is 7.53. The highest BCUT2D eigenvalue weighted by Gasteiger charge is 2.76. The van der Waals surface area contributed by atoms with Gasteiger partial charge in [0, 0.05) is 31.1 Å². The first-order valence-electron chi connectivity index (χ1n) is 26.3. The van der Waals surface area contributed by atoms with Crippen LogP contribution in [0.2, 0.25) is 5.02 Å². The first kappa shape index (κ1) is 49.3. The molecule has 6 fully saturated rings. The van der Waals surface area contributed by atoms with Gasteiger partial charge in [0.2, 0.25) is 0 Å². The van der Waals surface area contributed by atoms with Crippen LogP contribution < -0.4 is 5.32 Å². The number of fused-ring (bicyclic) bond motifs is 7. The van der Waals surface area contributed by atoms with Gasteiger partial charge in [-0.05, 0) is 175 Å². The maximum atomic E-state index is 14.9. The third-order valence-corrected chi connectivity index (χ3v) is 21.6. The number of ketones is 1. The van der Waals surface area contributed by atoms with Crippen molar-refractivity contribution in [2.75, 3.05) is 26.2 Å². The predicted molar refractivity (Wildman–Crippen MR) is 267 cm³/mol. The molecular weight excluding hydrogens is 870 g/mol. The largest absolute Gasteiger partial charge is 0.481 e. The van der Waals surface area contributed by atoms with E-state index < -0.39 is 28.3 Å². The number of hydrogen-bond donors (Lipinski definition) is 2. The van der Waals surface area contributed by atoms with Crippen molar-refractivity contribution >= 4 is 35.4 Å². The number of carboxylic acid groups (broad SMARTS) is 1. The van der Waals surface area contributed by atoms with Crippen molar-refractivity contribution in [1.82, 2.24) is 15.1 Å². The molecule has 10 atom stereocenters. The van der Waals surface area contributed by atoms with E-state index in [0.717, 1.165) is 87.7 Å². The van der Waals surface area contributed by atoms with Crippen molar-refractivity contribution in [2.24, 2.45) is 68.0 Å². The lowest BCUT2D eigenvalue weighted by atomic mass is 9.30. The van der Waals surface area contributed by atoms with E-state index in [0.29, 0.717) is 42.8 Å². The normalized spacial score (nSPS) is 37.0. The topological polar surface area (TPSA) is 116 Å². The highest BCUT2D eigenvalue weighted by molar-refractivity contribution is 6.30. The zero-order valence-electron chi connectivity index (χ0n) is 42.6. The highest BCUT2D eigenvalue weighted by atomic mass is 35.5. The molecular formula is C58H80ClN3O6. The van der Waals surface area contributed by atoms with Gasteiger partial charge in [-0.15, -0.1) is 0 Å². The van der Waals surface area contributed by atoms with E-state index in [9.17, 15) is 24.3 Å². The highest BCUT2D eigenvalue weighted by Crippen LogP contribution is 2.79. The van der Waals surface area contributed by atoms with Crippen molar-refractivity contribution in [2.45, 2.75) is 158 Å². The number of urea groups is 1. The number of benzene rings is 2. The number of halogens is 1. The molecule has 68 heavy (non-hydrogen) atoms. The van der Waals surface area contributed by atoms with Gasteiger partial charge in [0.25, 0.3) is 0 Å². The summed E-state index contributed by atoms with van der Waals surface area (Å²) in [7, 11) is 0. The minimum atomic E-state index is -1.04. The molecule has 0 aromatic heterocycles. The van der Waals surface area contributed by atoms with E-state index in [1.807, 2.05) is 73.3 Å². The summed E-state index contributed by atoms with van der Waals surface area (Å²) in [6.45, 7) is 25.0. The maximum Gasteiger partial charge on any atom is 0.318 e. The van der Waals surface area contributed by atoms with Gasteiger partial charge in [0.1, 0.15) is 6.61 Å². The molecule has 0 bridgehead atoms. The lowest BCUT2D eigenvalue weighted by molar-refractivity contribution is -0.261. The summed E-state index contributed by atoms with van der Waals surface area (Å²) in [5, 5.41) is 15.7. The molecule has 9 nitrogen and oxygen atoms in total. The number of nitrogens with one attached hydrogen (secondary N) is 1. The molecule has 9 rings (SSSR count). The van der Waals surface area contributed by atoms with Crippen LogP contribution in [0.5, 0.6) is 0 Å². The van der Waals surface area contributed by atoms with Gasteiger partial charge in [0.05, 0.1) is 16.9 Å². The number of esters is 1. The Bertz CT molecular complexity index is 2320. The zero-order valence-corrected chi connectivity index (χ0v) is 43.4. The number of hydrogen-bond acceptors (Lipinski definition) is 6. The van der Waals surface area contributed by atoms with E-state index in [2.05, 4.69) is 58.7 Å². The fourth-order valence-corrected chi connectivity index (χ4v) is 17.7. The number of rotatable bonds is 12. The first-order chi connectivity index (χ1) is 32.1. The number of carbonyl (C=O) groups excluding carboxylic acids is 3. The van der Waals surface area contributed by atoms with Crippen molar-refractivity contribution < 1.29 is 29.0 Å². The quantitative estimate of drug-likeness (QED) is 0.204. The van der Waals surface area contributed by atoms with Gasteiger partial charge in [0.15, 0.2) is 5.78 Å². The average molecular weight is 951 g/mol. The second-order valence-electron chi connectivity index (χ2n) is 25.1.